The van der Waals surface area contributed by atoms with Gasteiger partial charge in [0.1, 0.15) is 0 Å². The molecular formula is C10H14N2O2. The van der Waals surface area contributed by atoms with Crippen molar-refractivity contribution in [1.82, 2.24) is 10.1 Å². The van der Waals surface area contributed by atoms with Crippen molar-refractivity contribution in [1.29, 1.82) is 0 Å². The smallest absolute Gasteiger partial charge is 0.219 e. The molecule has 1 aliphatic heterocycles. The summed E-state index contributed by atoms with van der Waals surface area (Å²) < 4.78 is 5.21. The maximum atomic E-state index is 11.1. The SMILES string of the molecule is CCc1noc2c1CCN(C(C)=O)C2. The number of amides is 1. The molecule has 2 rings (SSSR count). The Labute approximate surface area is 82.9 Å². The van der Waals surface area contributed by atoms with Gasteiger partial charge in [-0.2, -0.15) is 0 Å². The maximum Gasteiger partial charge on any atom is 0.219 e. The molecule has 0 fully saturated rings. The van der Waals surface area contributed by atoms with E-state index in [0.717, 1.165) is 30.8 Å². The number of rotatable bonds is 1. The largest absolute Gasteiger partial charge is 0.359 e. The number of aryl methyl sites for hydroxylation is 1. The van der Waals surface area contributed by atoms with Gasteiger partial charge < -0.3 is 9.42 Å². The zero-order chi connectivity index (χ0) is 10.1. The molecule has 0 radical (unpaired) electrons. The second-order valence-electron chi connectivity index (χ2n) is 3.58. The summed E-state index contributed by atoms with van der Waals surface area (Å²) in [4.78, 5) is 12.9. The van der Waals surface area contributed by atoms with Crippen LogP contribution >= 0.6 is 0 Å². The lowest BCUT2D eigenvalue weighted by Crippen LogP contribution is -2.33. The van der Waals surface area contributed by atoms with Crippen LogP contribution in [0.15, 0.2) is 4.52 Å². The highest BCUT2D eigenvalue weighted by Gasteiger charge is 2.24. The second kappa shape index (κ2) is 3.44. The minimum absolute atomic E-state index is 0.102. The van der Waals surface area contributed by atoms with E-state index in [1.807, 2.05) is 0 Å². The summed E-state index contributed by atoms with van der Waals surface area (Å²) in [5, 5.41) is 4.00. The number of hydrogen-bond donors (Lipinski definition) is 0. The first-order valence-corrected chi connectivity index (χ1v) is 4.94. The highest BCUT2D eigenvalue weighted by Crippen LogP contribution is 2.22. The van der Waals surface area contributed by atoms with E-state index in [1.165, 1.54) is 5.56 Å². The number of hydrogen-bond acceptors (Lipinski definition) is 3. The van der Waals surface area contributed by atoms with Crippen molar-refractivity contribution in [3.8, 4) is 0 Å². The van der Waals surface area contributed by atoms with Gasteiger partial charge in [-0.15, -0.1) is 0 Å². The molecule has 0 unspecified atom stereocenters. The van der Waals surface area contributed by atoms with Crippen LogP contribution < -0.4 is 0 Å². The first kappa shape index (κ1) is 9.24. The molecule has 0 aliphatic carbocycles. The average molecular weight is 194 g/mol. The Balaban J connectivity index is 2.24. The van der Waals surface area contributed by atoms with Gasteiger partial charge in [0.15, 0.2) is 5.76 Å². The van der Waals surface area contributed by atoms with Crippen LogP contribution in [0.1, 0.15) is 30.9 Å². The summed E-state index contributed by atoms with van der Waals surface area (Å²) in [6, 6.07) is 0. The summed E-state index contributed by atoms with van der Waals surface area (Å²) in [5.41, 5.74) is 2.26. The zero-order valence-corrected chi connectivity index (χ0v) is 8.54. The molecule has 0 aromatic carbocycles. The van der Waals surface area contributed by atoms with E-state index in [1.54, 1.807) is 11.8 Å². The van der Waals surface area contributed by atoms with Gasteiger partial charge in [0, 0.05) is 19.0 Å². The van der Waals surface area contributed by atoms with Gasteiger partial charge in [-0.25, -0.2) is 0 Å². The van der Waals surface area contributed by atoms with E-state index in [-0.39, 0.29) is 5.91 Å². The van der Waals surface area contributed by atoms with Gasteiger partial charge in [-0.3, -0.25) is 4.79 Å². The summed E-state index contributed by atoms with van der Waals surface area (Å²) in [7, 11) is 0. The van der Waals surface area contributed by atoms with Gasteiger partial charge in [0.05, 0.1) is 12.2 Å². The lowest BCUT2D eigenvalue weighted by molar-refractivity contribution is -0.130. The first-order valence-electron chi connectivity index (χ1n) is 4.94. The van der Waals surface area contributed by atoms with Crippen LogP contribution in [0.4, 0.5) is 0 Å². The molecule has 0 saturated carbocycles. The Bertz CT molecular complexity index is 357. The van der Waals surface area contributed by atoms with Crippen molar-refractivity contribution in [3.63, 3.8) is 0 Å². The normalized spacial score (nSPS) is 15.4. The molecule has 0 saturated heterocycles. The molecule has 4 heteroatoms. The number of nitrogens with zero attached hydrogens (tertiary/aromatic N) is 2. The van der Waals surface area contributed by atoms with Gasteiger partial charge in [0.2, 0.25) is 5.91 Å². The molecule has 4 nitrogen and oxygen atoms in total. The minimum atomic E-state index is 0.102. The standard InChI is InChI=1S/C10H14N2O2/c1-3-9-8-4-5-12(7(2)13)6-10(8)14-11-9/h3-6H2,1-2H3. The highest BCUT2D eigenvalue weighted by molar-refractivity contribution is 5.73. The lowest BCUT2D eigenvalue weighted by atomic mass is 10.0. The van der Waals surface area contributed by atoms with E-state index >= 15 is 0 Å². The number of aromatic nitrogens is 1. The van der Waals surface area contributed by atoms with Crippen LogP contribution in [-0.2, 0) is 24.2 Å². The van der Waals surface area contributed by atoms with Crippen LogP contribution in [0.3, 0.4) is 0 Å². The lowest BCUT2D eigenvalue weighted by Gasteiger charge is -2.24. The number of carbonyl (C=O) groups is 1. The fraction of sp³-hybridized carbons (Fsp3) is 0.600. The van der Waals surface area contributed by atoms with Crippen molar-refractivity contribution in [2.75, 3.05) is 6.54 Å². The molecule has 1 amide bonds. The van der Waals surface area contributed by atoms with Crippen molar-refractivity contribution < 1.29 is 9.32 Å². The minimum Gasteiger partial charge on any atom is -0.359 e. The molecule has 0 atom stereocenters. The van der Waals surface area contributed by atoms with Crippen molar-refractivity contribution in [2.24, 2.45) is 0 Å². The molecule has 2 heterocycles. The zero-order valence-electron chi connectivity index (χ0n) is 8.54. The Morgan fingerprint density at radius 3 is 3.07 bits per heavy atom. The topological polar surface area (TPSA) is 46.3 Å². The van der Waals surface area contributed by atoms with Gasteiger partial charge >= 0.3 is 0 Å². The molecule has 1 aliphatic rings. The van der Waals surface area contributed by atoms with E-state index in [0.29, 0.717) is 6.54 Å². The third kappa shape index (κ3) is 1.41. The summed E-state index contributed by atoms with van der Waals surface area (Å²) >= 11 is 0. The van der Waals surface area contributed by atoms with Gasteiger partial charge in [-0.05, 0) is 12.8 Å². The molecule has 0 spiro atoms. The molecule has 0 N–H and O–H groups in total. The molecule has 14 heavy (non-hydrogen) atoms. The second-order valence-corrected chi connectivity index (χ2v) is 3.58. The molecule has 1 aromatic rings. The van der Waals surface area contributed by atoms with Gasteiger partial charge in [-0.1, -0.05) is 12.1 Å². The summed E-state index contributed by atoms with van der Waals surface area (Å²) in [6.07, 6.45) is 1.78. The maximum absolute atomic E-state index is 11.1. The Hall–Kier alpha value is -1.32. The van der Waals surface area contributed by atoms with E-state index in [9.17, 15) is 4.79 Å². The summed E-state index contributed by atoms with van der Waals surface area (Å²) in [5.74, 6) is 0.966. The molecular weight excluding hydrogens is 180 g/mol. The molecule has 0 bridgehead atoms. The van der Waals surface area contributed by atoms with Crippen LogP contribution in [0.2, 0.25) is 0 Å². The van der Waals surface area contributed by atoms with Crippen LogP contribution in [0.5, 0.6) is 0 Å². The van der Waals surface area contributed by atoms with E-state index < -0.39 is 0 Å². The van der Waals surface area contributed by atoms with E-state index in [2.05, 4.69) is 12.1 Å². The van der Waals surface area contributed by atoms with Crippen LogP contribution in [-0.4, -0.2) is 22.5 Å². The first-order chi connectivity index (χ1) is 6.72. The molecule has 1 aromatic heterocycles. The quantitative estimate of drug-likeness (QED) is 0.673. The third-order valence-electron chi connectivity index (χ3n) is 2.70. The highest BCUT2D eigenvalue weighted by atomic mass is 16.5. The fourth-order valence-electron chi connectivity index (χ4n) is 1.84. The monoisotopic (exact) mass is 194 g/mol. The Morgan fingerprint density at radius 2 is 2.43 bits per heavy atom. The summed E-state index contributed by atoms with van der Waals surface area (Å²) in [6.45, 7) is 5.02. The predicted octanol–water partition coefficient (Wildman–Crippen LogP) is 1.14. The number of carbonyl (C=O) groups excluding carboxylic acids is 1. The van der Waals surface area contributed by atoms with Crippen LogP contribution in [0, 0.1) is 0 Å². The molecule has 76 valence electrons. The Morgan fingerprint density at radius 1 is 1.64 bits per heavy atom. The third-order valence-corrected chi connectivity index (χ3v) is 2.70. The van der Waals surface area contributed by atoms with E-state index in [4.69, 9.17) is 4.52 Å². The number of fused-ring (bicyclic) bond motifs is 1. The van der Waals surface area contributed by atoms with Crippen molar-refractivity contribution in [2.45, 2.75) is 33.2 Å². The fourth-order valence-corrected chi connectivity index (χ4v) is 1.84. The van der Waals surface area contributed by atoms with Gasteiger partial charge in [0.25, 0.3) is 0 Å². The van der Waals surface area contributed by atoms with Crippen molar-refractivity contribution in [3.05, 3.63) is 17.0 Å². The average Bonchev–Trinajstić information content (AvgIpc) is 2.59. The Kier molecular flexibility index (Phi) is 2.27. The predicted molar refractivity (Wildman–Crippen MR) is 50.7 cm³/mol. The van der Waals surface area contributed by atoms with Crippen LogP contribution in [0.25, 0.3) is 0 Å². The van der Waals surface area contributed by atoms with Crippen molar-refractivity contribution >= 4 is 5.91 Å².